The summed E-state index contributed by atoms with van der Waals surface area (Å²) in [6.45, 7) is 0.217. The van der Waals surface area contributed by atoms with Crippen LogP contribution in [0.2, 0.25) is 15.1 Å². The molecule has 0 fully saturated rings. The van der Waals surface area contributed by atoms with Gasteiger partial charge in [-0.3, -0.25) is 0 Å². The highest BCUT2D eigenvalue weighted by Gasteiger charge is 2.16. The molecule has 0 heterocycles. The molecule has 7 heteroatoms. The van der Waals surface area contributed by atoms with Gasteiger partial charge in [-0.2, -0.15) is 0 Å². The second-order valence-electron chi connectivity index (χ2n) is 4.31. The summed E-state index contributed by atoms with van der Waals surface area (Å²) in [4.78, 5) is 0.0638. The first-order valence-electron chi connectivity index (χ1n) is 6.08. The number of sulfonamides is 1. The van der Waals surface area contributed by atoms with E-state index in [0.29, 0.717) is 16.5 Å². The van der Waals surface area contributed by atoms with E-state index in [2.05, 4.69) is 4.72 Å². The third-order valence-electron chi connectivity index (χ3n) is 2.83. The normalized spacial score (nSPS) is 11.6. The molecule has 0 aliphatic carbocycles. The van der Waals surface area contributed by atoms with E-state index in [1.165, 1.54) is 12.1 Å². The van der Waals surface area contributed by atoms with E-state index in [-0.39, 0.29) is 16.5 Å². The van der Waals surface area contributed by atoms with E-state index in [0.717, 1.165) is 5.56 Å². The van der Waals surface area contributed by atoms with Crippen molar-refractivity contribution in [3.8, 4) is 0 Å². The highest BCUT2D eigenvalue weighted by Crippen LogP contribution is 2.22. The zero-order valence-corrected chi connectivity index (χ0v) is 13.9. The highest BCUT2D eigenvalue weighted by atomic mass is 35.5. The Hall–Kier alpha value is -0.780. The minimum atomic E-state index is -3.63. The molecular formula is C14H12Cl3NO2S. The number of hydrogen-bond donors (Lipinski definition) is 1. The monoisotopic (exact) mass is 363 g/mol. The number of rotatable bonds is 5. The van der Waals surface area contributed by atoms with Crippen molar-refractivity contribution in [2.24, 2.45) is 0 Å². The van der Waals surface area contributed by atoms with Crippen LogP contribution in [0.1, 0.15) is 5.56 Å². The molecule has 0 radical (unpaired) electrons. The van der Waals surface area contributed by atoms with E-state index in [1.807, 2.05) is 0 Å². The van der Waals surface area contributed by atoms with E-state index in [9.17, 15) is 8.42 Å². The number of nitrogens with one attached hydrogen (secondary N) is 1. The Bertz CT molecular complexity index is 748. The summed E-state index contributed by atoms with van der Waals surface area (Å²) in [5.74, 6) is 0. The van der Waals surface area contributed by atoms with E-state index in [4.69, 9.17) is 34.8 Å². The molecule has 3 nitrogen and oxygen atoms in total. The lowest BCUT2D eigenvalue weighted by Gasteiger charge is -2.09. The second kappa shape index (κ2) is 6.99. The molecule has 2 rings (SSSR count). The summed E-state index contributed by atoms with van der Waals surface area (Å²) in [6, 6.07) is 11.4. The Morgan fingerprint density at radius 1 is 0.952 bits per heavy atom. The predicted molar refractivity (Wildman–Crippen MR) is 86.8 cm³/mol. The minimum absolute atomic E-state index is 0.0638. The van der Waals surface area contributed by atoms with Crippen molar-refractivity contribution in [3.63, 3.8) is 0 Å². The van der Waals surface area contributed by atoms with Gasteiger partial charge in [0.05, 0.1) is 5.02 Å². The first-order valence-corrected chi connectivity index (χ1v) is 8.70. The molecule has 21 heavy (non-hydrogen) atoms. The van der Waals surface area contributed by atoms with Crippen LogP contribution in [0.4, 0.5) is 0 Å². The smallest absolute Gasteiger partial charge is 0.211 e. The van der Waals surface area contributed by atoms with Gasteiger partial charge in [0.2, 0.25) is 10.0 Å². The van der Waals surface area contributed by atoms with Crippen LogP contribution in [0.3, 0.4) is 0 Å². The molecule has 0 aliphatic rings. The summed E-state index contributed by atoms with van der Waals surface area (Å²) in [7, 11) is -3.63. The quantitative estimate of drug-likeness (QED) is 0.865. The standard InChI is InChI=1S/C14H12Cl3NO2S/c15-11-6-5-10(13(17)9-11)7-8-18-21(19,20)14-4-2-1-3-12(14)16/h1-6,9,18H,7-8H2. The fourth-order valence-electron chi connectivity index (χ4n) is 1.78. The van der Waals surface area contributed by atoms with Crippen molar-refractivity contribution < 1.29 is 8.42 Å². The second-order valence-corrected chi connectivity index (χ2v) is 7.30. The van der Waals surface area contributed by atoms with Gasteiger partial charge in [-0.1, -0.05) is 53.0 Å². The highest BCUT2D eigenvalue weighted by molar-refractivity contribution is 7.89. The molecule has 2 aromatic rings. The molecule has 0 atom stereocenters. The lowest BCUT2D eigenvalue weighted by atomic mass is 10.1. The van der Waals surface area contributed by atoms with Crippen LogP contribution >= 0.6 is 34.8 Å². The van der Waals surface area contributed by atoms with Crippen LogP contribution in [0, 0.1) is 0 Å². The van der Waals surface area contributed by atoms with Gasteiger partial charge in [-0.25, -0.2) is 13.1 Å². The molecule has 0 bridgehead atoms. The maximum atomic E-state index is 12.1. The lowest BCUT2D eigenvalue weighted by molar-refractivity contribution is 0.581. The number of hydrogen-bond acceptors (Lipinski definition) is 2. The Morgan fingerprint density at radius 2 is 1.67 bits per heavy atom. The summed E-state index contributed by atoms with van der Waals surface area (Å²) in [5.41, 5.74) is 0.822. The van der Waals surface area contributed by atoms with Crippen molar-refractivity contribution >= 4 is 44.8 Å². The largest absolute Gasteiger partial charge is 0.242 e. The van der Waals surface area contributed by atoms with Crippen LogP contribution in [0.25, 0.3) is 0 Å². The molecule has 0 saturated carbocycles. The summed E-state index contributed by atoms with van der Waals surface area (Å²) >= 11 is 17.7. The third kappa shape index (κ3) is 4.34. The first-order chi connectivity index (χ1) is 9.90. The predicted octanol–water partition coefficient (Wildman–Crippen LogP) is 4.17. The summed E-state index contributed by atoms with van der Waals surface area (Å²) in [5, 5.41) is 1.24. The van der Waals surface area contributed by atoms with Crippen molar-refractivity contribution in [2.45, 2.75) is 11.3 Å². The van der Waals surface area contributed by atoms with Crippen molar-refractivity contribution in [2.75, 3.05) is 6.54 Å². The molecular weight excluding hydrogens is 353 g/mol. The Labute approximate surface area is 138 Å². The van der Waals surface area contributed by atoms with E-state index < -0.39 is 10.0 Å². The SMILES string of the molecule is O=S(=O)(NCCc1ccc(Cl)cc1Cl)c1ccccc1Cl. The van der Waals surface area contributed by atoms with E-state index in [1.54, 1.807) is 30.3 Å². The molecule has 2 aromatic carbocycles. The molecule has 0 saturated heterocycles. The molecule has 112 valence electrons. The molecule has 0 spiro atoms. The Kier molecular flexibility index (Phi) is 5.52. The van der Waals surface area contributed by atoms with Gasteiger partial charge in [0.25, 0.3) is 0 Å². The summed E-state index contributed by atoms with van der Waals surface area (Å²) < 4.78 is 26.8. The lowest BCUT2D eigenvalue weighted by Crippen LogP contribution is -2.26. The maximum Gasteiger partial charge on any atom is 0.242 e. The van der Waals surface area contributed by atoms with Crippen molar-refractivity contribution in [3.05, 3.63) is 63.1 Å². The molecule has 0 aliphatic heterocycles. The maximum absolute atomic E-state index is 12.1. The van der Waals surface area contributed by atoms with Crippen LogP contribution < -0.4 is 4.72 Å². The van der Waals surface area contributed by atoms with Gasteiger partial charge in [0.1, 0.15) is 4.90 Å². The van der Waals surface area contributed by atoms with Gasteiger partial charge < -0.3 is 0 Å². The zero-order valence-electron chi connectivity index (χ0n) is 10.8. The molecule has 0 aromatic heterocycles. The number of benzene rings is 2. The van der Waals surface area contributed by atoms with Gasteiger partial charge in [-0.15, -0.1) is 0 Å². The minimum Gasteiger partial charge on any atom is -0.211 e. The van der Waals surface area contributed by atoms with Crippen molar-refractivity contribution in [1.29, 1.82) is 0 Å². The van der Waals surface area contributed by atoms with Gasteiger partial charge in [-0.05, 0) is 36.2 Å². The topological polar surface area (TPSA) is 46.2 Å². The summed E-state index contributed by atoms with van der Waals surface area (Å²) in [6.07, 6.45) is 0.458. The first kappa shape index (κ1) is 16.6. The third-order valence-corrected chi connectivity index (χ3v) is 5.38. The van der Waals surface area contributed by atoms with Crippen molar-refractivity contribution in [1.82, 2.24) is 4.72 Å². The van der Waals surface area contributed by atoms with Crippen LogP contribution in [-0.4, -0.2) is 15.0 Å². The zero-order chi connectivity index (χ0) is 15.5. The molecule has 0 unspecified atom stereocenters. The van der Waals surface area contributed by atoms with E-state index >= 15 is 0 Å². The van der Waals surface area contributed by atoms with Gasteiger partial charge in [0.15, 0.2) is 0 Å². The van der Waals surface area contributed by atoms with Crippen LogP contribution in [-0.2, 0) is 16.4 Å². The average molecular weight is 365 g/mol. The fourth-order valence-corrected chi connectivity index (χ4v) is 3.84. The average Bonchev–Trinajstić information content (AvgIpc) is 2.41. The Balaban J connectivity index is 2.04. The van der Waals surface area contributed by atoms with Gasteiger partial charge in [0, 0.05) is 16.6 Å². The van der Waals surface area contributed by atoms with Gasteiger partial charge >= 0.3 is 0 Å². The molecule has 0 amide bonds. The Morgan fingerprint density at radius 3 is 2.33 bits per heavy atom. The van der Waals surface area contributed by atoms with Crippen LogP contribution in [0.5, 0.6) is 0 Å². The van der Waals surface area contributed by atoms with Crippen LogP contribution in [0.15, 0.2) is 47.4 Å². The molecule has 1 N–H and O–H groups in total. The fraction of sp³-hybridized carbons (Fsp3) is 0.143. The number of halogens is 3.